The van der Waals surface area contributed by atoms with Gasteiger partial charge in [-0.2, -0.15) is 0 Å². The van der Waals surface area contributed by atoms with Gasteiger partial charge in [-0.1, -0.05) is 121 Å². The van der Waals surface area contributed by atoms with E-state index in [4.69, 9.17) is 17.0 Å². The maximum atomic E-state index is 6.28. The average Bonchev–Trinajstić information content (AvgIpc) is 4.01. The van der Waals surface area contributed by atoms with Gasteiger partial charge in [0.15, 0.2) is 0 Å². The van der Waals surface area contributed by atoms with Crippen LogP contribution in [0.5, 0.6) is 0 Å². The molecule has 2 aliphatic heterocycles. The standard InChI is InChI=1S/C47H34N5/c1-52(2)30-35-29-42-45(33-19-11-5-12-20-33)40-26-25-38(49-40)43(31-15-7-3-8-16-31)36-23-24-37(48-36)44(32-17-9-4-10-18-32)39-27-28-41(50-39)46(47(35)51-42)34-21-13-6-14-22-34/h1,3-29,48,51H,2,30H2. The molecule has 0 amide bonds. The first-order chi connectivity index (χ1) is 25.6. The number of hydrogen-bond acceptors (Lipinski definition) is 2. The number of aromatic amines is 2. The van der Waals surface area contributed by atoms with Crippen LogP contribution < -0.4 is 0 Å². The zero-order chi connectivity index (χ0) is 35.0. The third-order valence-electron chi connectivity index (χ3n) is 9.57. The van der Waals surface area contributed by atoms with Crippen molar-refractivity contribution in [2.45, 2.75) is 6.54 Å². The molecule has 0 spiro atoms. The summed E-state index contributed by atoms with van der Waals surface area (Å²) in [4.78, 5) is 18.5. The number of rotatable bonds is 6. The molecule has 3 aromatic heterocycles. The van der Waals surface area contributed by atoms with E-state index in [1.165, 1.54) is 4.58 Å². The number of nitrogens with zero attached hydrogens (tertiary/aromatic N) is 3. The van der Waals surface area contributed by atoms with E-state index in [2.05, 4.69) is 156 Å². The number of nitrogens with one attached hydrogen (secondary N) is 2. The molecule has 0 saturated heterocycles. The Morgan fingerprint density at radius 2 is 0.827 bits per heavy atom. The molecule has 1 radical (unpaired) electrons. The lowest BCUT2D eigenvalue weighted by Crippen LogP contribution is -1.99. The van der Waals surface area contributed by atoms with Crippen LogP contribution in [0.3, 0.4) is 0 Å². The third-order valence-corrected chi connectivity index (χ3v) is 9.57. The Hall–Kier alpha value is -6.98. The van der Waals surface area contributed by atoms with Crippen molar-refractivity contribution < 1.29 is 4.58 Å². The van der Waals surface area contributed by atoms with Crippen LogP contribution in [-0.4, -0.2) is 31.2 Å². The summed E-state index contributed by atoms with van der Waals surface area (Å²) in [6.45, 7) is 4.44. The van der Waals surface area contributed by atoms with Crippen LogP contribution in [0.2, 0.25) is 0 Å². The molecule has 247 valence electrons. The average molecular weight is 669 g/mol. The van der Waals surface area contributed by atoms with E-state index in [1.807, 2.05) is 24.3 Å². The van der Waals surface area contributed by atoms with Crippen molar-refractivity contribution in [3.8, 4) is 44.5 Å². The highest BCUT2D eigenvalue weighted by molar-refractivity contribution is 6.00. The quantitative estimate of drug-likeness (QED) is 0.0802. The van der Waals surface area contributed by atoms with Gasteiger partial charge in [0, 0.05) is 51.4 Å². The summed E-state index contributed by atoms with van der Waals surface area (Å²) in [6.07, 6.45) is 8.47. The molecular formula is C47H34N5. The summed E-state index contributed by atoms with van der Waals surface area (Å²) >= 11 is 0. The van der Waals surface area contributed by atoms with E-state index in [0.717, 1.165) is 94.9 Å². The number of aromatic nitrogens is 4. The van der Waals surface area contributed by atoms with Gasteiger partial charge in [0.25, 0.3) is 0 Å². The number of H-pyrrole nitrogens is 2. The highest BCUT2D eigenvalue weighted by Gasteiger charge is 2.20. The van der Waals surface area contributed by atoms with Crippen molar-refractivity contribution in [3.63, 3.8) is 0 Å². The Labute approximate surface area is 302 Å². The highest BCUT2D eigenvalue weighted by Crippen LogP contribution is 2.39. The maximum absolute atomic E-state index is 6.28. The van der Waals surface area contributed by atoms with Crippen molar-refractivity contribution >= 4 is 53.1 Å². The Kier molecular flexibility index (Phi) is 7.79. The molecule has 0 saturated carbocycles. The molecular weight excluding hydrogens is 635 g/mol. The lowest BCUT2D eigenvalue weighted by Gasteiger charge is -2.07. The van der Waals surface area contributed by atoms with Crippen LogP contribution in [0.15, 0.2) is 140 Å². The van der Waals surface area contributed by atoms with Crippen molar-refractivity contribution in [2.75, 3.05) is 0 Å². The van der Waals surface area contributed by atoms with Gasteiger partial charge in [0.1, 0.15) is 6.54 Å². The van der Waals surface area contributed by atoms with Crippen molar-refractivity contribution in [1.29, 1.82) is 0 Å². The SMILES string of the molecule is [CH-][N+](=C)Cc1cc2[nH]c1c(-c1ccccc1)c1nc(c(-c3ccccc3)c3ccc([nH]3)c(-c3ccccc3)c3nc(c2-c2ccccc2)C=C3)C=C1. The molecule has 0 aliphatic carbocycles. The predicted molar refractivity (Wildman–Crippen MR) is 216 cm³/mol. The second-order valence-electron chi connectivity index (χ2n) is 13.0. The minimum absolute atomic E-state index is 0.412. The van der Waals surface area contributed by atoms with Crippen LogP contribution in [0.25, 0.3) is 90.9 Å². The summed E-state index contributed by atoms with van der Waals surface area (Å²) in [5.41, 5.74) is 16.5. The Morgan fingerprint density at radius 1 is 0.462 bits per heavy atom. The zero-order valence-electron chi connectivity index (χ0n) is 28.4. The molecule has 8 bridgehead atoms. The molecule has 2 aliphatic rings. The molecule has 52 heavy (non-hydrogen) atoms. The third kappa shape index (κ3) is 5.64. The minimum atomic E-state index is 0.412. The number of benzene rings is 4. The first-order valence-corrected chi connectivity index (χ1v) is 17.3. The normalized spacial score (nSPS) is 11.9. The summed E-state index contributed by atoms with van der Waals surface area (Å²) < 4.78 is 1.47. The van der Waals surface area contributed by atoms with Gasteiger partial charge in [0.05, 0.1) is 28.3 Å². The van der Waals surface area contributed by atoms with Crippen LogP contribution in [0.1, 0.15) is 28.3 Å². The highest BCUT2D eigenvalue weighted by atomic mass is 14.9. The fourth-order valence-corrected chi connectivity index (χ4v) is 7.33. The lowest BCUT2D eigenvalue weighted by molar-refractivity contribution is -0.472. The summed E-state index contributed by atoms with van der Waals surface area (Å²) in [7, 11) is 6.28. The molecule has 5 heteroatoms. The van der Waals surface area contributed by atoms with Gasteiger partial charge in [-0.15, -0.1) is 0 Å². The van der Waals surface area contributed by atoms with Gasteiger partial charge in [-0.25, -0.2) is 9.97 Å². The van der Waals surface area contributed by atoms with Gasteiger partial charge < -0.3 is 14.5 Å². The van der Waals surface area contributed by atoms with Crippen molar-refractivity contribution in [2.24, 2.45) is 0 Å². The molecule has 0 fully saturated rings. The monoisotopic (exact) mass is 668 g/mol. The van der Waals surface area contributed by atoms with Gasteiger partial charge in [-0.3, -0.25) is 0 Å². The lowest BCUT2D eigenvalue weighted by atomic mass is 10.0. The van der Waals surface area contributed by atoms with E-state index < -0.39 is 0 Å². The van der Waals surface area contributed by atoms with Gasteiger partial charge in [-0.05, 0) is 71.5 Å². The van der Waals surface area contributed by atoms with Gasteiger partial charge in [0.2, 0.25) is 0 Å². The molecule has 4 aromatic carbocycles. The van der Waals surface area contributed by atoms with Crippen molar-refractivity contribution in [3.05, 3.63) is 175 Å². The second kappa shape index (κ2) is 13.0. The van der Waals surface area contributed by atoms with Crippen LogP contribution in [0, 0.1) is 7.05 Å². The Bertz CT molecular complexity index is 2700. The molecule has 5 heterocycles. The summed E-state index contributed by atoms with van der Waals surface area (Å²) in [5.74, 6) is 0. The first-order valence-electron chi connectivity index (χ1n) is 17.3. The number of hydrogen-bond donors (Lipinski definition) is 2. The van der Waals surface area contributed by atoms with Crippen LogP contribution in [0.4, 0.5) is 0 Å². The zero-order valence-corrected chi connectivity index (χ0v) is 28.4. The maximum Gasteiger partial charge on any atom is 0.142 e. The minimum Gasteiger partial charge on any atom is -0.375 e. The predicted octanol–water partition coefficient (Wildman–Crippen LogP) is 11.2. The van der Waals surface area contributed by atoms with E-state index in [0.29, 0.717) is 6.54 Å². The Balaban J connectivity index is 1.52. The molecule has 0 unspecified atom stereocenters. The van der Waals surface area contributed by atoms with Crippen LogP contribution in [-0.2, 0) is 6.54 Å². The first kappa shape index (κ1) is 31.0. The summed E-state index contributed by atoms with van der Waals surface area (Å²) in [5, 5.41) is 0. The van der Waals surface area contributed by atoms with E-state index in [1.54, 1.807) is 0 Å². The topological polar surface area (TPSA) is 60.4 Å². The van der Waals surface area contributed by atoms with Crippen molar-refractivity contribution in [1.82, 2.24) is 19.9 Å². The number of fused-ring (bicyclic) bond motifs is 8. The second-order valence-corrected chi connectivity index (χ2v) is 13.0. The molecule has 0 atom stereocenters. The van der Waals surface area contributed by atoms with E-state index in [9.17, 15) is 0 Å². The fourth-order valence-electron chi connectivity index (χ4n) is 7.33. The van der Waals surface area contributed by atoms with E-state index in [-0.39, 0.29) is 0 Å². The fraction of sp³-hybridized carbons (Fsp3) is 0.0213. The molecule has 9 rings (SSSR count). The summed E-state index contributed by atoms with van der Waals surface area (Å²) in [6, 6.07) is 48.2. The van der Waals surface area contributed by atoms with Crippen LogP contribution >= 0.6 is 0 Å². The smallest absolute Gasteiger partial charge is 0.142 e. The van der Waals surface area contributed by atoms with E-state index >= 15 is 0 Å². The largest absolute Gasteiger partial charge is 0.375 e. The molecule has 2 N–H and O–H groups in total. The molecule has 7 aromatic rings. The molecule has 5 nitrogen and oxygen atoms in total. The Morgan fingerprint density at radius 3 is 1.23 bits per heavy atom. The van der Waals surface area contributed by atoms with Gasteiger partial charge >= 0.3 is 0 Å².